The molecule has 0 N–H and O–H groups in total. The summed E-state index contributed by atoms with van der Waals surface area (Å²) in [6.45, 7) is 2.81. The van der Waals surface area contributed by atoms with Gasteiger partial charge in [0.25, 0.3) is 5.69 Å². The molecule has 1 aliphatic rings. The van der Waals surface area contributed by atoms with Gasteiger partial charge < -0.3 is 9.80 Å². The number of anilines is 2. The molecule has 1 aliphatic heterocycles. The molecular formula is C19H19N5O4S. The number of aromatic nitrogens is 2. The number of non-ortho nitro benzene ring substituents is 1. The highest BCUT2D eigenvalue weighted by Crippen LogP contribution is 2.28. The highest BCUT2D eigenvalue weighted by atomic mass is 32.2. The quantitative estimate of drug-likeness (QED) is 0.473. The van der Waals surface area contributed by atoms with Crippen LogP contribution in [0.4, 0.5) is 17.2 Å². The average molecular weight is 413 g/mol. The van der Waals surface area contributed by atoms with Gasteiger partial charge in [-0.25, -0.2) is 18.4 Å². The van der Waals surface area contributed by atoms with Crippen LogP contribution in [0.1, 0.15) is 0 Å². The number of fused-ring (bicyclic) bond motifs is 1. The van der Waals surface area contributed by atoms with Crippen molar-refractivity contribution in [2.24, 2.45) is 0 Å². The van der Waals surface area contributed by atoms with Crippen molar-refractivity contribution >= 4 is 37.9 Å². The predicted molar refractivity (Wildman–Crippen MR) is 110 cm³/mol. The van der Waals surface area contributed by atoms with Crippen LogP contribution in [0.3, 0.4) is 0 Å². The molecule has 150 valence electrons. The predicted octanol–water partition coefficient (Wildman–Crippen LogP) is 2.27. The zero-order chi connectivity index (χ0) is 20.6. The second-order valence-electron chi connectivity index (χ2n) is 6.90. The van der Waals surface area contributed by atoms with Crippen molar-refractivity contribution in [1.82, 2.24) is 9.97 Å². The topological polar surface area (TPSA) is 110 Å². The SMILES string of the molecule is CS(=O)(=O)c1ccc2ncnc(N3CCN(c4ccc([N+](=O)[O-])cc4)CC3)c2c1. The summed E-state index contributed by atoms with van der Waals surface area (Å²) in [6.07, 6.45) is 2.67. The summed E-state index contributed by atoms with van der Waals surface area (Å²) in [5.74, 6) is 0.712. The van der Waals surface area contributed by atoms with Crippen molar-refractivity contribution in [2.75, 3.05) is 42.2 Å². The Hall–Kier alpha value is -3.27. The Labute approximate surface area is 167 Å². The number of hydrogen-bond acceptors (Lipinski definition) is 8. The maximum Gasteiger partial charge on any atom is 0.269 e. The Morgan fingerprint density at radius 1 is 0.966 bits per heavy atom. The first-order valence-electron chi connectivity index (χ1n) is 9.02. The van der Waals surface area contributed by atoms with Gasteiger partial charge in [0.2, 0.25) is 0 Å². The molecule has 0 radical (unpaired) electrons. The van der Waals surface area contributed by atoms with Gasteiger partial charge in [-0.1, -0.05) is 0 Å². The van der Waals surface area contributed by atoms with Crippen LogP contribution < -0.4 is 9.80 Å². The number of rotatable bonds is 4. The molecule has 1 aromatic heterocycles. The van der Waals surface area contributed by atoms with E-state index in [2.05, 4.69) is 19.8 Å². The van der Waals surface area contributed by atoms with Crippen LogP contribution in [0.25, 0.3) is 10.9 Å². The van der Waals surface area contributed by atoms with Crippen LogP contribution >= 0.6 is 0 Å². The molecule has 3 aromatic rings. The molecule has 2 heterocycles. The van der Waals surface area contributed by atoms with E-state index in [0.29, 0.717) is 29.8 Å². The lowest BCUT2D eigenvalue weighted by Gasteiger charge is -2.37. The van der Waals surface area contributed by atoms with Gasteiger partial charge in [-0.2, -0.15) is 0 Å². The molecule has 2 aromatic carbocycles. The van der Waals surface area contributed by atoms with Crippen LogP contribution in [0, 0.1) is 10.1 Å². The third kappa shape index (κ3) is 3.83. The second-order valence-corrected chi connectivity index (χ2v) is 8.91. The fourth-order valence-corrected chi connectivity index (χ4v) is 4.11. The summed E-state index contributed by atoms with van der Waals surface area (Å²) in [5, 5.41) is 11.5. The molecule has 4 rings (SSSR count). The average Bonchev–Trinajstić information content (AvgIpc) is 2.72. The monoisotopic (exact) mass is 413 g/mol. The van der Waals surface area contributed by atoms with Crippen molar-refractivity contribution in [1.29, 1.82) is 0 Å². The first kappa shape index (κ1) is 19.1. The van der Waals surface area contributed by atoms with E-state index < -0.39 is 14.8 Å². The van der Waals surface area contributed by atoms with E-state index in [-0.39, 0.29) is 10.6 Å². The van der Waals surface area contributed by atoms with E-state index in [1.807, 2.05) is 0 Å². The number of nitrogens with zero attached hydrogens (tertiary/aromatic N) is 5. The van der Waals surface area contributed by atoms with Crippen LogP contribution in [0.5, 0.6) is 0 Å². The Balaban J connectivity index is 1.56. The maximum absolute atomic E-state index is 11.9. The fraction of sp³-hybridized carbons (Fsp3) is 0.263. The maximum atomic E-state index is 11.9. The lowest BCUT2D eigenvalue weighted by molar-refractivity contribution is -0.384. The molecule has 1 saturated heterocycles. The van der Waals surface area contributed by atoms with E-state index >= 15 is 0 Å². The summed E-state index contributed by atoms with van der Waals surface area (Å²) in [6, 6.07) is 11.4. The zero-order valence-electron chi connectivity index (χ0n) is 15.7. The Kier molecular flexibility index (Phi) is 4.79. The van der Waals surface area contributed by atoms with Gasteiger partial charge >= 0.3 is 0 Å². The summed E-state index contributed by atoms with van der Waals surface area (Å²) < 4.78 is 23.9. The van der Waals surface area contributed by atoms with Gasteiger partial charge in [0.1, 0.15) is 12.1 Å². The minimum Gasteiger partial charge on any atom is -0.368 e. The third-order valence-corrected chi connectivity index (χ3v) is 6.13. The molecule has 1 fully saturated rings. The van der Waals surface area contributed by atoms with Crippen LogP contribution in [-0.4, -0.2) is 55.7 Å². The van der Waals surface area contributed by atoms with Crippen molar-refractivity contribution < 1.29 is 13.3 Å². The molecule has 0 unspecified atom stereocenters. The van der Waals surface area contributed by atoms with Crippen LogP contribution in [0.15, 0.2) is 53.7 Å². The number of benzene rings is 2. The summed E-state index contributed by atoms with van der Waals surface area (Å²) in [4.78, 5) is 23.6. The van der Waals surface area contributed by atoms with Crippen LogP contribution in [0.2, 0.25) is 0 Å². The minimum absolute atomic E-state index is 0.0709. The van der Waals surface area contributed by atoms with Gasteiger partial charge in [0.05, 0.1) is 15.3 Å². The Morgan fingerprint density at radius 2 is 1.62 bits per heavy atom. The number of nitro benzene ring substituents is 1. The van der Waals surface area contributed by atoms with E-state index in [9.17, 15) is 18.5 Å². The minimum atomic E-state index is -3.33. The van der Waals surface area contributed by atoms with E-state index in [0.717, 1.165) is 18.8 Å². The van der Waals surface area contributed by atoms with Crippen molar-refractivity contribution in [2.45, 2.75) is 4.90 Å². The lowest BCUT2D eigenvalue weighted by Crippen LogP contribution is -2.46. The number of piperazine rings is 1. The van der Waals surface area contributed by atoms with Gasteiger partial charge in [-0.05, 0) is 30.3 Å². The highest BCUT2D eigenvalue weighted by Gasteiger charge is 2.21. The molecule has 0 bridgehead atoms. The van der Waals surface area contributed by atoms with Crippen molar-refractivity contribution in [3.8, 4) is 0 Å². The highest BCUT2D eigenvalue weighted by molar-refractivity contribution is 7.90. The van der Waals surface area contributed by atoms with Gasteiger partial charge in [-0.3, -0.25) is 10.1 Å². The molecule has 9 nitrogen and oxygen atoms in total. The van der Waals surface area contributed by atoms with E-state index in [1.165, 1.54) is 24.7 Å². The van der Waals surface area contributed by atoms with Crippen molar-refractivity contribution in [3.05, 3.63) is 58.9 Å². The fourth-order valence-electron chi connectivity index (χ4n) is 3.47. The molecule has 0 saturated carbocycles. The second kappa shape index (κ2) is 7.28. The Bertz CT molecular complexity index is 1170. The molecule has 29 heavy (non-hydrogen) atoms. The largest absolute Gasteiger partial charge is 0.368 e. The smallest absolute Gasteiger partial charge is 0.269 e. The van der Waals surface area contributed by atoms with Crippen molar-refractivity contribution in [3.63, 3.8) is 0 Å². The summed E-state index contributed by atoms with van der Waals surface area (Å²) in [7, 11) is -3.33. The molecule has 10 heteroatoms. The first-order valence-corrected chi connectivity index (χ1v) is 10.9. The van der Waals surface area contributed by atoms with E-state index in [4.69, 9.17) is 0 Å². The molecular weight excluding hydrogens is 394 g/mol. The summed E-state index contributed by atoms with van der Waals surface area (Å²) >= 11 is 0. The third-order valence-electron chi connectivity index (χ3n) is 5.02. The lowest BCUT2D eigenvalue weighted by atomic mass is 10.2. The van der Waals surface area contributed by atoms with Crippen LogP contribution in [-0.2, 0) is 9.84 Å². The number of hydrogen-bond donors (Lipinski definition) is 0. The Morgan fingerprint density at radius 3 is 2.24 bits per heavy atom. The van der Waals surface area contributed by atoms with Gasteiger partial charge in [0.15, 0.2) is 9.84 Å². The number of nitro groups is 1. The molecule has 0 atom stereocenters. The molecule has 0 amide bonds. The normalized spacial score (nSPS) is 14.9. The van der Waals surface area contributed by atoms with E-state index in [1.54, 1.807) is 30.3 Å². The number of sulfone groups is 1. The first-order chi connectivity index (χ1) is 13.8. The standard InChI is InChI=1S/C19H19N5O4S/c1-29(27,28)16-6-7-18-17(12-16)19(21-13-20-18)23-10-8-22(9-11-23)14-2-4-15(5-3-14)24(25)26/h2-7,12-13H,8-11H2,1H3. The molecule has 0 spiro atoms. The zero-order valence-corrected chi connectivity index (χ0v) is 16.5. The van der Waals surface area contributed by atoms with Gasteiger partial charge in [-0.15, -0.1) is 0 Å². The molecule has 0 aliphatic carbocycles. The van der Waals surface area contributed by atoms with Gasteiger partial charge in [0, 0.05) is 55.6 Å². The summed E-state index contributed by atoms with van der Waals surface area (Å²) in [5.41, 5.74) is 1.70.